The number of aliphatic hydroxyl groups is 1. The van der Waals surface area contributed by atoms with Gasteiger partial charge in [-0.15, -0.1) is 0 Å². The van der Waals surface area contributed by atoms with Gasteiger partial charge in [0, 0.05) is 35.4 Å². The first-order valence-electron chi connectivity index (χ1n) is 9.99. The van der Waals surface area contributed by atoms with Gasteiger partial charge in [0.15, 0.2) is 0 Å². The van der Waals surface area contributed by atoms with Gasteiger partial charge in [0.25, 0.3) is 0 Å². The maximum atomic E-state index is 9.50. The highest BCUT2D eigenvalue weighted by Crippen LogP contribution is 2.33. The molecule has 27 heavy (non-hydrogen) atoms. The number of aliphatic hydroxyl groups excluding tert-OH is 1. The molecule has 2 bridgehead atoms. The van der Waals surface area contributed by atoms with Crippen molar-refractivity contribution >= 4 is 21.8 Å². The number of aromatic nitrogens is 1. The number of hydrogen-bond donors (Lipinski definition) is 1. The number of piperidine rings is 3. The van der Waals surface area contributed by atoms with E-state index in [1.165, 1.54) is 36.7 Å². The number of ether oxygens (including phenoxy) is 1. The van der Waals surface area contributed by atoms with E-state index in [0.717, 1.165) is 29.2 Å². The maximum Gasteiger partial charge on any atom is 0.121 e. The normalized spacial score (nSPS) is 23.5. The molecular formula is C23H26N2O2. The van der Waals surface area contributed by atoms with Crippen LogP contribution in [-0.2, 0) is 6.54 Å². The van der Waals surface area contributed by atoms with Gasteiger partial charge in [0.05, 0.1) is 12.1 Å². The van der Waals surface area contributed by atoms with E-state index in [0.29, 0.717) is 13.2 Å². The summed E-state index contributed by atoms with van der Waals surface area (Å²) in [6.45, 7) is 4.99. The molecule has 0 atom stereocenters. The Kier molecular flexibility index (Phi) is 4.38. The Hall–Kier alpha value is -2.30. The van der Waals surface area contributed by atoms with E-state index >= 15 is 0 Å². The van der Waals surface area contributed by atoms with Crippen LogP contribution in [0.25, 0.3) is 21.8 Å². The molecule has 1 N–H and O–H groups in total. The quantitative estimate of drug-likeness (QED) is 0.701. The summed E-state index contributed by atoms with van der Waals surface area (Å²) >= 11 is 0. The Balaban J connectivity index is 1.41. The van der Waals surface area contributed by atoms with Gasteiger partial charge in [0.1, 0.15) is 12.4 Å². The van der Waals surface area contributed by atoms with Crippen molar-refractivity contribution in [2.75, 3.05) is 32.8 Å². The number of hydrogen-bond acceptors (Lipinski definition) is 3. The molecule has 3 aliphatic heterocycles. The van der Waals surface area contributed by atoms with Gasteiger partial charge in [-0.05, 0) is 56.1 Å². The average Bonchev–Trinajstić information content (AvgIpc) is 3.03. The van der Waals surface area contributed by atoms with E-state index in [4.69, 9.17) is 4.74 Å². The number of fused-ring (bicyclic) bond motifs is 6. The van der Waals surface area contributed by atoms with E-state index in [1.807, 2.05) is 6.07 Å². The fourth-order valence-corrected chi connectivity index (χ4v) is 4.79. The lowest BCUT2D eigenvalue weighted by atomic mass is 9.84. The molecule has 0 spiro atoms. The van der Waals surface area contributed by atoms with Crippen molar-refractivity contribution in [3.63, 3.8) is 0 Å². The summed E-state index contributed by atoms with van der Waals surface area (Å²) in [6.07, 6.45) is 4.90. The van der Waals surface area contributed by atoms with Gasteiger partial charge in [-0.2, -0.15) is 0 Å². The summed E-state index contributed by atoms with van der Waals surface area (Å²) in [5.74, 6) is 1.66. The fraction of sp³-hybridized carbons (Fsp3) is 0.391. The van der Waals surface area contributed by atoms with Crippen LogP contribution >= 0.6 is 0 Å². The summed E-state index contributed by atoms with van der Waals surface area (Å²) in [4.78, 5) is 2.55. The molecule has 0 unspecified atom stereocenters. The van der Waals surface area contributed by atoms with Crippen LogP contribution in [0.5, 0.6) is 5.75 Å². The number of rotatable bonds is 5. The Morgan fingerprint density at radius 3 is 2.63 bits per heavy atom. The topological polar surface area (TPSA) is 37.6 Å². The largest absolute Gasteiger partial charge is 0.489 e. The standard InChI is InChI=1S/C23H26N2O2/c26-13-12-25-22-4-2-1-3-20(22)21-6-5-19(15-23(21)25)27-14-9-18-16-24-10-7-17(18)8-11-24/h1-6,9,15,17,26H,7-8,10-14,16H2. The van der Waals surface area contributed by atoms with Crippen molar-refractivity contribution in [3.05, 3.63) is 54.1 Å². The van der Waals surface area contributed by atoms with Gasteiger partial charge in [-0.1, -0.05) is 23.8 Å². The third-order valence-corrected chi connectivity index (χ3v) is 6.18. The van der Waals surface area contributed by atoms with E-state index in [1.54, 1.807) is 5.57 Å². The summed E-state index contributed by atoms with van der Waals surface area (Å²) in [6, 6.07) is 14.7. The fourth-order valence-electron chi connectivity index (χ4n) is 4.79. The summed E-state index contributed by atoms with van der Waals surface area (Å²) in [7, 11) is 0. The molecule has 4 heteroatoms. The van der Waals surface area contributed by atoms with E-state index in [2.05, 4.69) is 51.9 Å². The molecule has 140 valence electrons. The Bertz CT molecular complexity index is 996. The number of nitrogens with zero attached hydrogens (tertiary/aromatic N) is 2. The van der Waals surface area contributed by atoms with Crippen molar-refractivity contribution in [2.24, 2.45) is 5.92 Å². The lowest BCUT2D eigenvalue weighted by Crippen LogP contribution is -2.43. The zero-order chi connectivity index (χ0) is 18.2. The molecule has 0 amide bonds. The Labute approximate surface area is 159 Å². The molecule has 4 heterocycles. The molecule has 1 aromatic heterocycles. The molecule has 3 aliphatic rings. The van der Waals surface area contributed by atoms with E-state index in [-0.39, 0.29) is 6.61 Å². The van der Waals surface area contributed by atoms with Crippen molar-refractivity contribution in [1.29, 1.82) is 0 Å². The first kappa shape index (κ1) is 16.8. The third-order valence-electron chi connectivity index (χ3n) is 6.18. The summed E-state index contributed by atoms with van der Waals surface area (Å²) < 4.78 is 8.27. The molecule has 2 aromatic carbocycles. The summed E-state index contributed by atoms with van der Waals surface area (Å²) in [5.41, 5.74) is 3.84. The third kappa shape index (κ3) is 3.03. The molecule has 0 radical (unpaired) electrons. The minimum atomic E-state index is 0.128. The maximum absolute atomic E-state index is 9.50. The zero-order valence-electron chi connectivity index (χ0n) is 15.6. The zero-order valence-corrected chi connectivity index (χ0v) is 15.6. The highest BCUT2D eigenvalue weighted by Gasteiger charge is 2.28. The molecular weight excluding hydrogens is 336 g/mol. The minimum Gasteiger partial charge on any atom is -0.489 e. The van der Waals surface area contributed by atoms with Gasteiger partial charge >= 0.3 is 0 Å². The van der Waals surface area contributed by atoms with Crippen molar-refractivity contribution in [1.82, 2.24) is 9.47 Å². The SMILES string of the molecule is OCCn1c2ccccc2c2ccc(OCC=C3CN4CCC3CC4)cc21. The minimum absolute atomic E-state index is 0.128. The molecule has 4 nitrogen and oxygen atoms in total. The molecule has 6 rings (SSSR count). The molecule has 3 aromatic rings. The monoisotopic (exact) mass is 362 g/mol. The van der Waals surface area contributed by atoms with Crippen LogP contribution in [0.15, 0.2) is 54.1 Å². The van der Waals surface area contributed by atoms with Crippen LogP contribution in [0.2, 0.25) is 0 Å². The number of benzene rings is 2. The van der Waals surface area contributed by atoms with Crippen LogP contribution in [0, 0.1) is 5.92 Å². The Morgan fingerprint density at radius 1 is 1.04 bits per heavy atom. The van der Waals surface area contributed by atoms with Crippen LogP contribution in [0.3, 0.4) is 0 Å². The molecule has 0 aliphatic carbocycles. The molecule has 3 fully saturated rings. The van der Waals surface area contributed by atoms with Crippen molar-refractivity contribution < 1.29 is 9.84 Å². The van der Waals surface area contributed by atoms with Gasteiger partial charge in [-0.3, -0.25) is 4.90 Å². The van der Waals surface area contributed by atoms with Crippen molar-refractivity contribution in [2.45, 2.75) is 19.4 Å². The first-order chi connectivity index (χ1) is 13.3. The first-order valence-corrected chi connectivity index (χ1v) is 9.99. The second-order valence-corrected chi connectivity index (χ2v) is 7.71. The van der Waals surface area contributed by atoms with Crippen LogP contribution < -0.4 is 4.74 Å². The van der Waals surface area contributed by atoms with Gasteiger partial charge in [-0.25, -0.2) is 0 Å². The Morgan fingerprint density at radius 2 is 1.85 bits per heavy atom. The van der Waals surface area contributed by atoms with E-state index in [9.17, 15) is 5.11 Å². The smallest absolute Gasteiger partial charge is 0.121 e. The molecule has 0 saturated carbocycles. The van der Waals surface area contributed by atoms with Crippen molar-refractivity contribution in [3.8, 4) is 5.75 Å². The second-order valence-electron chi connectivity index (χ2n) is 7.71. The van der Waals surface area contributed by atoms with Gasteiger partial charge < -0.3 is 14.4 Å². The summed E-state index contributed by atoms with van der Waals surface area (Å²) in [5, 5.41) is 11.9. The average molecular weight is 362 g/mol. The van der Waals surface area contributed by atoms with E-state index < -0.39 is 0 Å². The van der Waals surface area contributed by atoms with Crippen LogP contribution in [0.4, 0.5) is 0 Å². The number of para-hydroxylation sites is 1. The van der Waals surface area contributed by atoms with Gasteiger partial charge in [0.2, 0.25) is 0 Å². The second kappa shape index (κ2) is 7.02. The lowest BCUT2D eigenvalue weighted by molar-refractivity contribution is 0.160. The van der Waals surface area contributed by atoms with Crippen LogP contribution in [-0.4, -0.2) is 47.4 Å². The van der Waals surface area contributed by atoms with Crippen LogP contribution in [0.1, 0.15) is 12.8 Å². The highest BCUT2D eigenvalue weighted by molar-refractivity contribution is 6.08. The predicted octanol–water partition coefficient (Wildman–Crippen LogP) is 3.82. The molecule has 3 saturated heterocycles. The predicted molar refractivity (Wildman–Crippen MR) is 109 cm³/mol. The highest BCUT2D eigenvalue weighted by atomic mass is 16.5. The lowest BCUT2D eigenvalue weighted by Gasteiger charge is -2.41.